The third-order valence-electron chi connectivity index (χ3n) is 3.49. The lowest BCUT2D eigenvalue weighted by molar-refractivity contribution is -0.115. The van der Waals surface area contributed by atoms with E-state index in [1.165, 1.54) is 5.56 Å². The molecule has 0 aliphatic rings. The van der Waals surface area contributed by atoms with Gasteiger partial charge < -0.3 is 20.7 Å². The van der Waals surface area contributed by atoms with Crippen LogP contribution in [0.3, 0.4) is 0 Å². The van der Waals surface area contributed by atoms with Crippen molar-refractivity contribution in [1.29, 1.82) is 0 Å². The second-order valence-electron chi connectivity index (χ2n) is 5.85. The molecular weight excluding hydrogens is 419 g/mol. The fourth-order valence-electron chi connectivity index (χ4n) is 1.83. The molecule has 0 heterocycles. The van der Waals surface area contributed by atoms with Crippen LogP contribution in [0.25, 0.3) is 0 Å². The fraction of sp³-hybridized carbons (Fsp3) is 0.529. The minimum Gasteiger partial charge on any atom is -0.377 e. The number of amides is 1. The largest absolute Gasteiger partial charge is 0.377 e. The molecule has 0 aromatic heterocycles. The van der Waals surface area contributed by atoms with E-state index in [0.29, 0.717) is 12.5 Å². The van der Waals surface area contributed by atoms with E-state index in [1.54, 1.807) is 14.2 Å². The summed E-state index contributed by atoms with van der Waals surface area (Å²) in [6.07, 6.45) is 0.938. The van der Waals surface area contributed by atoms with Crippen molar-refractivity contribution >= 4 is 41.5 Å². The van der Waals surface area contributed by atoms with Gasteiger partial charge in [0.1, 0.15) is 0 Å². The maximum Gasteiger partial charge on any atom is 0.243 e. The van der Waals surface area contributed by atoms with Gasteiger partial charge >= 0.3 is 0 Å². The molecule has 1 aromatic rings. The lowest BCUT2D eigenvalue weighted by atomic mass is 10.1. The fourth-order valence-corrected chi connectivity index (χ4v) is 1.83. The molecule has 1 rings (SSSR count). The van der Waals surface area contributed by atoms with Crippen molar-refractivity contribution in [1.82, 2.24) is 10.6 Å². The highest BCUT2D eigenvalue weighted by Gasteiger charge is 2.16. The molecule has 7 heteroatoms. The molecule has 0 saturated heterocycles. The standard InChI is InChI=1S/C17H28N4O2.HI/c1-6-13-8-7-9-14(10-13)21-15(22)11-19-16(18-4)20-12-17(2,3)23-5;/h7-10H,6,11-12H2,1-5H3,(H,21,22)(H2,18,19,20);1H. The Morgan fingerprint density at radius 2 is 2.00 bits per heavy atom. The smallest absolute Gasteiger partial charge is 0.243 e. The Bertz CT molecular complexity index is 547. The number of aliphatic imine (C=N–C) groups is 1. The molecule has 0 radical (unpaired) electrons. The van der Waals surface area contributed by atoms with Crippen molar-refractivity contribution in [3.05, 3.63) is 29.8 Å². The van der Waals surface area contributed by atoms with Crippen LogP contribution in [0.15, 0.2) is 29.3 Å². The molecule has 1 amide bonds. The number of anilines is 1. The molecule has 3 N–H and O–H groups in total. The van der Waals surface area contributed by atoms with Crippen LogP contribution in [0, 0.1) is 0 Å². The summed E-state index contributed by atoms with van der Waals surface area (Å²) in [5, 5.41) is 8.99. The van der Waals surface area contributed by atoms with Crippen molar-refractivity contribution in [3.8, 4) is 0 Å². The van der Waals surface area contributed by atoms with Gasteiger partial charge in [0.25, 0.3) is 0 Å². The highest BCUT2D eigenvalue weighted by molar-refractivity contribution is 14.0. The van der Waals surface area contributed by atoms with E-state index in [9.17, 15) is 4.79 Å². The molecule has 136 valence electrons. The Kier molecular flexibility index (Phi) is 10.6. The van der Waals surface area contributed by atoms with Gasteiger partial charge in [-0.3, -0.25) is 9.79 Å². The van der Waals surface area contributed by atoms with E-state index in [4.69, 9.17) is 4.74 Å². The summed E-state index contributed by atoms with van der Waals surface area (Å²) in [7, 11) is 3.33. The van der Waals surface area contributed by atoms with Crippen molar-refractivity contribution in [2.45, 2.75) is 32.8 Å². The SMILES string of the molecule is CCc1cccc(NC(=O)CNC(=NC)NCC(C)(C)OC)c1.I. The first-order valence-electron chi connectivity index (χ1n) is 7.78. The maximum atomic E-state index is 12.0. The van der Waals surface area contributed by atoms with Crippen molar-refractivity contribution in [3.63, 3.8) is 0 Å². The number of nitrogens with one attached hydrogen (secondary N) is 3. The molecule has 0 atom stereocenters. The number of benzene rings is 1. The normalized spacial score (nSPS) is 11.5. The van der Waals surface area contributed by atoms with Crippen LogP contribution >= 0.6 is 24.0 Å². The van der Waals surface area contributed by atoms with Gasteiger partial charge in [-0.15, -0.1) is 24.0 Å². The number of ether oxygens (including phenoxy) is 1. The topological polar surface area (TPSA) is 74.8 Å². The van der Waals surface area contributed by atoms with Gasteiger partial charge in [0, 0.05) is 26.4 Å². The lowest BCUT2D eigenvalue weighted by Gasteiger charge is -2.24. The molecular formula is C17H29IN4O2. The third-order valence-corrected chi connectivity index (χ3v) is 3.49. The van der Waals surface area contributed by atoms with Gasteiger partial charge in [-0.1, -0.05) is 19.1 Å². The Morgan fingerprint density at radius 1 is 1.29 bits per heavy atom. The summed E-state index contributed by atoms with van der Waals surface area (Å²) in [6, 6.07) is 7.84. The highest BCUT2D eigenvalue weighted by atomic mass is 127. The summed E-state index contributed by atoms with van der Waals surface area (Å²) < 4.78 is 5.33. The first kappa shape index (κ1) is 22.6. The van der Waals surface area contributed by atoms with Crippen molar-refractivity contribution < 1.29 is 9.53 Å². The number of methoxy groups -OCH3 is 1. The zero-order chi connectivity index (χ0) is 17.3. The number of carbonyl (C=O) groups is 1. The van der Waals surface area contributed by atoms with Gasteiger partial charge in [-0.25, -0.2) is 0 Å². The molecule has 0 aliphatic carbocycles. The second-order valence-corrected chi connectivity index (χ2v) is 5.85. The molecule has 6 nitrogen and oxygen atoms in total. The van der Waals surface area contributed by atoms with E-state index < -0.39 is 0 Å². The number of nitrogens with zero attached hydrogens (tertiary/aromatic N) is 1. The van der Waals surface area contributed by atoms with Gasteiger partial charge in [0.15, 0.2) is 5.96 Å². The molecule has 0 bridgehead atoms. The average molecular weight is 448 g/mol. The van der Waals surface area contributed by atoms with E-state index >= 15 is 0 Å². The van der Waals surface area contributed by atoms with Gasteiger partial charge in [0.2, 0.25) is 5.91 Å². The lowest BCUT2D eigenvalue weighted by Crippen LogP contribution is -2.47. The van der Waals surface area contributed by atoms with Crippen LogP contribution in [0.5, 0.6) is 0 Å². The number of hydrogen-bond acceptors (Lipinski definition) is 3. The molecule has 0 unspecified atom stereocenters. The monoisotopic (exact) mass is 448 g/mol. The first-order valence-corrected chi connectivity index (χ1v) is 7.78. The van der Waals surface area contributed by atoms with E-state index in [-0.39, 0.29) is 42.0 Å². The van der Waals surface area contributed by atoms with Crippen LogP contribution in [-0.4, -0.2) is 44.7 Å². The third kappa shape index (κ3) is 8.49. The first-order chi connectivity index (χ1) is 10.9. The second kappa shape index (κ2) is 11.2. The van der Waals surface area contributed by atoms with Gasteiger partial charge in [-0.05, 0) is 38.0 Å². The Balaban J connectivity index is 0.00000529. The average Bonchev–Trinajstić information content (AvgIpc) is 2.55. The minimum atomic E-state index is -0.305. The van der Waals surface area contributed by atoms with Crippen LogP contribution in [0.4, 0.5) is 5.69 Å². The molecule has 0 saturated carbocycles. The molecule has 1 aromatic carbocycles. The Labute approximate surface area is 161 Å². The molecule has 0 fully saturated rings. The van der Waals surface area contributed by atoms with Gasteiger partial charge in [-0.2, -0.15) is 0 Å². The Hall–Kier alpha value is -1.35. The number of rotatable bonds is 7. The van der Waals surface area contributed by atoms with Crippen LogP contribution in [0.2, 0.25) is 0 Å². The van der Waals surface area contributed by atoms with Crippen molar-refractivity contribution in [2.75, 3.05) is 32.6 Å². The maximum absolute atomic E-state index is 12.0. The predicted molar refractivity (Wildman–Crippen MR) is 110 cm³/mol. The quantitative estimate of drug-likeness (QED) is 0.340. The van der Waals surface area contributed by atoms with E-state index in [1.807, 2.05) is 38.1 Å². The summed E-state index contributed by atoms with van der Waals surface area (Å²) in [6.45, 7) is 6.76. The highest BCUT2D eigenvalue weighted by Crippen LogP contribution is 2.10. The zero-order valence-electron chi connectivity index (χ0n) is 15.1. The number of carbonyl (C=O) groups excluding carboxylic acids is 1. The zero-order valence-corrected chi connectivity index (χ0v) is 17.4. The summed E-state index contributed by atoms with van der Waals surface area (Å²) >= 11 is 0. The predicted octanol–water partition coefficient (Wildman–Crippen LogP) is 2.40. The number of aryl methyl sites for hydroxylation is 1. The number of guanidine groups is 1. The molecule has 24 heavy (non-hydrogen) atoms. The van der Waals surface area contributed by atoms with Crippen LogP contribution in [-0.2, 0) is 16.0 Å². The number of hydrogen-bond donors (Lipinski definition) is 3. The molecule has 0 spiro atoms. The summed E-state index contributed by atoms with van der Waals surface area (Å²) in [4.78, 5) is 16.1. The van der Waals surface area contributed by atoms with Crippen molar-refractivity contribution in [2.24, 2.45) is 4.99 Å². The summed E-state index contributed by atoms with van der Waals surface area (Å²) in [5.74, 6) is 0.444. The van der Waals surface area contributed by atoms with Crippen LogP contribution < -0.4 is 16.0 Å². The van der Waals surface area contributed by atoms with Gasteiger partial charge in [0.05, 0.1) is 12.1 Å². The van der Waals surface area contributed by atoms with E-state index in [0.717, 1.165) is 12.1 Å². The van der Waals surface area contributed by atoms with E-state index in [2.05, 4.69) is 27.9 Å². The minimum absolute atomic E-state index is 0. The Morgan fingerprint density at radius 3 is 2.58 bits per heavy atom. The summed E-state index contributed by atoms with van der Waals surface area (Å²) in [5.41, 5.74) is 1.69. The number of halogens is 1. The van der Waals surface area contributed by atoms with Crippen LogP contribution in [0.1, 0.15) is 26.3 Å². The molecule has 0 aliphatic heterocycles.